The van der Waals surface area contributed by atoms with E-state index in [-0.39, 0.29) is 93.5 Å². The number of piperidine rings is 1. The number of likely N-dealkylation sites (tertiary alicyclic amines) is 1. The normalized spacial score (nSPS) is 17.5. The van der Waals surface area contributed by atoms with Gasteiger partial charge in [-0.25, -0.2) is 46.2 Å². The van der Waals surface area contributed by atoms with Crippen molar-refractivity contribution in [3.05, 3.63) is 111 Å². The number of quaternary nitrogens is 1. The lowest BCUT2D eigenvalue weighted by Gasteiger charge is -2.40. The van der Waals surface area contributed by atoms with Crippen molar-refractivity contribution in [2.24, 2.45) is 11.7 Å². The van der Waals surface area contributed by atoms with E-state index in [9.17, 15) is 55.2 Å². The highest BCUT2D eigenvalue weighted by Crippen LogP contribution is 2.42. The Bertz CT molecular complexity index is 4080. The highest BCUT2D eigenvalue weighted by atomic mass is 32.2. The predicted molar refractivity (Wildman–Crippen MR) is 355 cm³/mol. The van der Waals surface area contributed by atoms with E-state index in [4.69, 9.17) is 34.4 Å². The molecule has 0 bridgehead atoms. The number of anilines is 1. The topological polar surface area (TPSA) is 384 Å². The summed E-state index contributed by atoms with van der Waals surface area (Å²) >= 11 is 0. The van der Waals surface area contributed by atoms with Crippen LogP contribution in [0.15, 0.2) is 76.9 Å². The number of para-hydroxylation sites is 1. The molecule has 8 rings (SSSR count). The van der Waals surface area contributed by atoms with Crippen LogP contribution in [0.2, 0.25) is 0 Å². The Morgan fingerprint density at radius 3 is 2.30 bits per heavy atom. The van der Waals surface area contributed by atoms with Crippen molar-refractivity contribution in [3.63, 3.8) is 0 Å². The number of esters is 1. The molecule has 3 aromatic heterocycles. The lowest BCUT2D eigenvalue weighted by molar-refractivity contribution is -0.915. The molecule has 3 aliphatic heterocycles. The van der Waals surface area contributed by atoms with Gasteiger partial charge in [0.05, 0.1) is 74.2 Å². The monoisotopic (exact) mass is 1380 g/mol. The number of nitrogens with zero attached hydrogens (tertiary/aromatic N) is 6. The van der Waals surface area contributed by atoms with Gasteiger partial charge >= 0.3 is 18.2 Å². The van der Waals surface area contributed by atoms with Crippen LogP contribution >= 0.6 is 0 Å². The number of ether oxygens (including phenoxy) is 5. The summed E-state index contributed by atoms with van der Waals surface area (Å²) in [4.78, 5) is 118. The average molecular weight is 1380 g/mol. The number of fused-ring (bicyclic) bond motifs is 5. The van der Waals surface area contributed by atoms with E-state index in [0.717, 1.165) is 59.7 Å². The molecule has 29 nitrogen and oxygen atoms in total. The third-order valence-corrected chi connectivity index (χ3v) is 19.5. The number of primary amides is 1. The maximum absolute atomic E-state index is 14.4. The van der Waals surface area contributed by atoms with E-state index in [1.807, 2.05) is 24.3 Å². The number of hydrogen-bond donors (Lipinski definition) is 6. The Morgan fingerprint density at radius 1 is 0.887 bits per heavy atom. The molecule has 0 spiro atoms. The first-order valence-corrected chi connectivity index (χ1v) is 35.8. The van der Waals surface area contributed by atoms with E-state index >= 15 is 0 Å². The van der Waals surface area contributed by atoms with Gasteiger partial charge < -0.3 is 65.1 Å². The zero-order valence-electron chi connectivity index (χ0n) is 55.4. The summed E-state index contributed by atoms with van der Waals surface area (Å²) in [6.45, 7) is 8.06. The third-order valence-electron chi connectivity index (χ3n) is 17.2. The van der Waals surface area contributed by atoms with Crippen molar-refractivity contribution in [3.8, 4) is 23.2 Å². The molecule has 1 saturated heterocycles. The summed E-state index contributed by atoms with van der Waals surface area (Å²) in [7, 11) is -4.87. The molecule has 2 atom stereocenters. The molecule has 6 amide bonds. The van der Waals surface area contributed by atoms with Gasteiger partial charge in [0.15, 0.2) is 0 Å². The number of hydrogen-bond acceptors (Lipinski definition) is 20. The van der Waals surface area contributed by atoms with E-state index in [0.29, 0.717) is 78.5 Å². The molecule has 522 valence electrons. The van der Waals surface area contributed by atoms with Gasteiger partial charge in [0.2, 0.25) is 54.2 Å². The number of urea groups is 1. The standard InChI is InChI=1S/C66H84N12O17S2/c1-7-66(52-34-55-59-50(38-76(55)61(83)51(52)40-93-62(66)84)48(49-15-11-12-16-53(49)75-59)23-28-77(43(2)3)97(6,89)90)95-65(86)94-39-45-19-21-47(22-20-45)73-60(82)54(17-13-26-69-63(67)85)74-58(81)42-92-41-57(80)68-27-32-91-33-31-78(4)29-24-44(25-30-78)35-70-56(79)18-10-8-9-14-46-36-71-64(72-37-46)96(5,87)88/h11-12,15-16,19-22,34,36-37,43-44,54H,7-8,10,13,17-18,23-33,35,38-42H2,1-6H3,(H6-,67,68,69,70,73,74,79,80,81,82,85)/p+1/t44?,54-,66-,78?/m0/s1. The maximum Gasteiger partial charge on any atom is 0.510 e. The molecule has 3 aliphatic rings. The molecule has 1 fully saturated rings. The Balaban J connectivity index is 0.748. The Hall–Kier alpha value is -8.93. The number of nitrogens with two attached hydrogens (primary N) is 1. The molecule has 31 heteroatoms. The number of sulfone groups is 1. The number of benzene rings is 2. The third kappa shape index (κ3) is 20.1. The quantitative estimate of drug-likeness (QED) is 0.0116. The molecule has 0 unspecified atom stereocenters. The van der Waals surface area contributed by atoms with Crippen LogP contribution in [0.5, 0.6) is 0 Å². The second kappa shape index (κ2) is 33.4. The Kier molecular flexibility index (Phi) is 25.4. The predicted octanol–water partition coefficient (Wildman–Crippen LogP) is 3.06. The van der Waals surface area contributed by atoms with E-state index < -0.39 is 86.2 Å². The second-order valence-electron chi connectivity index (χ2n) is 24.8. The summed E-state index contributed by atoms with van der Waals surface area (Å²) in [5, 5.41) is 14.1. The van der Waals surface area contributed by atoms with Crippen LogP contribution in [0.1, 0.15) is 106 Å². The number of carbonyl (C=O) groups excluding carboxylic acids is 7. The number of pyridine rings is 2. The number of cyclic esters (lactones) is 1. The summed E-state index contributed by atoms with van der Waals surface area (Å²) in [6.07, 6.45) is 7.49. The minimum atomic E-state index is -3.55. The van der Waals surface area contributed by atoms with Crippen molar-refractivity contribution in [1.82, 2.24) is 45.1 Å². The summed E-state index contributed by atoms with van der Waals surface area (Å²) in [5.74, 6) is 3.49. The van der Waals surface area contributed by atoms with Crippen molar-refractivity contribution >= 4 is 78.2 Å². The fraction of sp³-hybridized carbons (Fsp3) is 0.500. The number of likely N-dealkylation sites (N-methyl/N-ethyl adjacent to an activating group) is 1. The molecule has 0 radical (unpaired) electrons. The first-order valence-electron chi connectivity index (χ1n) is 32.1. The van der Waals surface area contributed by atoms with Gasteiger partial charge in [-0.05, 0) is 87.3 Å². The number of unbranched alkanes of at least 4 members (excludes halogenated alkanes) is 1. The Labute approximate surface area is 563 Å². The average Bonchev–Trinajstić information content (AvgIpc) is 1.59. The minimum Gasteiger partial charge on any atom is -0.457 e. The summed E-state index contributed by atoms with van der Waals surface area (Å²) in [6, 6.07) is 13.0. The number of aromatic nitrogens is 4. The fourth-order valence-corrected chi connectivity index (χ4v) is 13.5. The highest BCUT2D eigenvalue weighted by Gasteiger charge is 2.51. The van der Waals surface area contributed by atoms with Crippen LogP contribution in [-0.2, 0) is 99.3 Å². The van der Waals surface area contributed by atoms with Crippen LogP contribution in [0.4, 0.5) is 15.3 Å². The van der Waals surface area contributed by atoms with Gasteiger partial charge in [-0.3, -0.25) is 24.0 Å². The van der Waals surface area contributed by atoms with E-state index in [2.05, 4.69) is 55.4 Å². The molecule has 6 heterocycles. The van der Waals surface area contributed by atoms with Gasteiger partial charge in [-0.1, -0.05) is 49.1 Å². The lowest BCUT2D eigenvalue weighted by Crippen LogP contribution is -2.52. The maximum atomic E-state index is 14.4. The van der Waals surface area contributed by atoms with Crippen LogP contribution < -0.4 is 37.9 Å². The van der Waals surface area contributed by atoms with Crippen molar-refractivity contribution in [1.29, 1.82) is 0 Å². The fourth-order valence-electron chi connectivity index (χ4n) is 11.9. The van der Waals surface area contributed by atoms with Crippen LogP contribution in [0.3, 0.4) is 0 Å². The Morgan fingerprint density at radius 2 is 1.61 bits per heavy atom. The van der Waals surface area contributed by atoms with Crippen LogP contribution in [0.25, 0.3) is 22.3 Å². The molecule has 0 aliphatic carbocycles. The van der Waals surface area contributed by atoms with Gasteiger partial charge in [-0.15, -0.1) is 0 Å². The zero-order chi connectivity index (χ0) is 70.1. The summed E-state index contributed by atoms with van der Waals surface area (Å²) < 4.78 is 80.4. The van der Waals surface area contributed by atoms with Crippen molar-refractivity contribution in [2.45, 2.75) is 121 Å². The number of amides is 6. The largest absolute Gasteiger partial charge is 0.510 e. The smallest absolute Gasteiger partial charge is 0.457 e. The van der Waals surface area contributed by atoms with Gasteiger partial charge in [0, 0.05) is 98.8 Å². The van der Waals surface area contributed by atoms with Crippen molar-refractivity contribution in [2.75, 3.05) is 97.1 Å². The molecular formula is C66H85N12O17S2+. The van der Waals surface area contributed by atoms with Crippen LogP contribution in [-0.4, -0.2) is 191 Å². The minimum absolute atomic E-state index is 0.0317. The number of nitrogens with one attached hydrogen (secondary N) is 5. The van der Waals surface area contributed by atoms with Gasteiger partial charge in [0.25, 0.3) is 5.56 Å². The zero-order valence-corrected chi connectivity index (χ0v) is 57.0. The van der Waals surface area contributed by atoms with Gasteiger partial charge in [0.1, 0.15) is 39.0 Å². The molecule has 7 N–H and O–H groups in total. The first kappa shape index (κ1) is 73.9. The number of rotatable bonds is 32. The lowest BCUT2D eigenvalue weighted by atomic mass is 9.85. The number of sulfonamides is 1. The second-order valence-corrected chi connectivity index (χ2v) is 28.6. The SMILES string of the molecule is CC[C@@]1(OC(=O)OCc2ccc(NC(=O)[C@H](CCCNC(N)=O)NC(=O)COCC(=O)NCCOCC[N+]3(C)CCC(CNC(=O)CCCC#Cc4cnc(S(C)(=O)=O)nc4)CC3)cc2)C(=O)OCc2c1cc1n(c2=O)Cc2c-1nc1ccccc1c2CCN(C(C)C)S(C)(=O)=O. The molecule has 97 heavy (non-hydrogen) atoms. The first-order chi connectivity index (χ1) is 46.2. The highest BCUT2D eigenvalue weighted by molar-refractivity contribution is 7.90. The summed E-state index contributed by atoms with van der Waals surface area (Å²) in [5.41, 5.74) is 7.15. The van der Waals surface area contributed by atoms with E-state index in [1.54, 1.807) is 39.0 Å². The van der Waals surface area contributed by atoms with E-state index in [1.165, 1.54) is 39.7 Å². The molecule has 5 aromatic rings. The molecule has 2 aromatic carbocycles. The molecule has 0 saturated carbocycles. The molecular weight excluding hydrogens is 1300 g/mol. The van der Waals surface area contributed by atoms with Gasteiger partial charge in [-0.2, -0.15) is 4.31 Å². The number of carbonyl (C=O) groups is 7. The van der Waals surface area contributed by atoms with Crippen molar-refractivity contribution < 1.29 is 78.6 Å². The van der Waals surface area contributed by atoms with Crippen LogP contribution in [0, 0.1) is 17.8 Å².